The van der Waals surface area contributed by atoms with Crippen LogP contribution in [0.2, 0.25) is 0 Å². The fourth-order valence-corrected chi connectivity index (χ4v) is 6.95. The molecule has 2 aliphatic heterocycles. The summed E-state index contributed by atoms with van der Waals surface area (Å²) >= 11 is 0. The molecule has 0 spiro atoms. The van der Waals surface area contributed by atoms with Crippen LogP contribution in [-0.2, 0) is 4.74 Å². The molecule has 2 saturated heterocycles. The molecule has 9 heteroatoms. The van der Waals surface area contributed by atoms with Crippen molar-refractivity contribution in [1.29, 1.82) is 0 Å². The summed E-state index contributed by atoms with van der Waals surface area (Å²) in [4.78, 5) is 18.5. The van der Waals surface area contributed by atoms with Gasteiger partial charge in [0.15, 0.2) is 5.82 Å². The molecule has 40 heavy (non-hydrogen) atoms. The van der Waals surface area contributed by atoms with Gasteiger partial charge in [0.25, 0.3) is 0 Å². The maximum Gasteiger partial charge on any atom is 0.319 e. The van der Waals surface area contributed by atoms with Gasteiger partial charge in [-0.2, -0.15) is 9.97 Å². The molecule has 2 unspecified atom stereocenters. The summed E-state index contributed by atoms with van der Waals surface area (Å²) in [5.41, 5.74) is 0.851. The number of halogens is 1. The number of likely N-dealkylation sites (tertiary alicyclic amines) is 1. The van der Waals surface area contributed by atoms with Gasteiger partial charge in [-0.25, -0.2) is 4.39 Å². The molecule has 3 fully saturated rings. The van der Waals surface area contributed by atoms with Crippen molar-refractivity contribution >= 4 is 27.5 Å². The van der Waals surface area contributed by atoms with Gasteiger partial charge in [-0.3, -0.25) is 9.88 Å². The average molecular weight is 544 g/mol. The van der Waals surface area contributed by atoms with Gasteiger partial charge in [-0.05, 0) is 67.5 Å². The summed E-state index contributed by atoms with van der Waals surface area (Å²) < 4.78 is 28.2. The predicted octanol–water partition coefficient (Wildman–Crippen LogP) is 5.02. The normalized spacial score (nSPS) is 24.8. The van der Waals surface area contributed by atoms with E-state index < -0.39 is 5.82 Å². The lowest BCUT2D eigenvalue weighted by molar-refractivity contribution is 0.111. The molecule has 208 valence electrons. The first-order valence-corrected chi connectivity index (χ1v) is 14.2. The van der Waals surface area contributed by atoms with E-state index in [9.17, 15) is 5.11 Å². The van der Waals surface area contributed by atoms with Gasteiger partial charge in [0.1, 0.15) is 29.4 Å². The number of fused-ring (bicyclic) bond motifs is 4. The molecule has 3 aliphatic rings. The Balaban J connectivity index is 1.32. The number of phenols is 1. The van der Waals surface area contributed by atoms with Crippen molar-refractivity contribution in [1.82, 2.24) is 19.9 Å². The molecule has 4 heterocycles. The van der Waals surface area contributed by atoms with Crippen LogP contribution in [0.15, 0.2) is 42.6 Å². The topological polar surface area (TPSA) is 83.8 Å². The minimum absolute atomic E-state index is 0.0567. The monoisotopic (exact) mass is 543 g/mol. The Bertz CT molecular complexity index is 1570. The lowest BCUT2D eigenvalue weighted by atomic mass is 9.98. The molecule has 4 aromatic rings. The van der Waals surface area contributed by atoms with Gasteiger partial charge >= 0.3 is 6.01 Å². The van der Waals surface area contributed by atoms with Crippen LogP contribution >= 0.6 is 0 Å². The molecular weight excluding hydrogens is 509 g/mol. The van der Waals surface area contributed by atoms with Gasteiger partial charge in [0, 0.05) is 44.5 Å². The Morgan fingerprint density at radius 2 is 1.82 bits per heavy atom. The summed E-state index contributed by atoms with van der Waals surface area (Å²) in [6, 6.07) is 11.1. The van der Waals surface area contributed by atoms with Crippen LogP contribution in [0.3, 0.4) is 0 Å². The van der Waals surface area contributed by atoms with E-state index in [0.717, 1.165) is 36.8 Å². The molecule has 4 atom stereocenters. The lowest BCUT2D eigenvalue weighted by Crippen LogP contribution is -2.37. The van der Waals surface area contributed by atoms with Crippen LogP contribution in [0.5, 0.6) is 11.8 Å². The molecule has 1 saturated carbocycles. The van der Waals surface area contributed by atoms with Crippen LogP contribution in [0, 0.1) is 17.7 Å². The van der Waals surface area contributed by atoms with Crippen molar-refractivity contribution in [2.75, 3.05) is 45.3 Å². The molecule has 0 radical (unpaired) electrons. The van der Waals surface area contributed by atoms with Crippen LogP contribution < -0.4 is 9.64 Å². The van der Waals surface area contributed by atoms with Crippen molar-refractivity contribution in [3.05, 3.63) is 48.4 Å². The number of methoxy groups -OCH3 is 1. The van der Waals surface area contributed by atoms with E-state index in [1.807, 2.05) is 24.3 Å². The van der Waals surface area contributed by atoms with E-state index in [1.54, 1.807) is 25.4 Å². The summed E-state index contributed by atoms with van der Waals surface area (Å²) in [5, 5.41) is 12.6. The Morgan fingerprint density at radius 3 is 2.60 bits per heavy atom. The first-order chi connectivity index (χ1) is 19.5. The number of phenolic OH excluding ortho intramolecular Hbond substituents is 1. The molecule has 1 aliphatic carbocycles. The summed E-state index contributed by atoms with van der Waals surface area (Å²) in [6.07, 6.45) is 6.40. The Labute approximate surface area is 232 Å². The third-order valence-electron chi connectivity index (χ3n) is 9.04. The van der Waals surface area contributed by atoms with Gasteiger partial charge in [-0.1, -0.05) is 24.3 Å². The summed E-state index contributed by atoms with van der Waals surface area (Å²) in [6.45, 7) is 3.02. The first kappa shape index (κ1) is 25.4. The van der Waals surface area contributed by atoms with Gasteiger partial charge in [0.05, 0.1) is 11.5 Å². The number of hydrogen-bond acceptors (Lipinski definition) is 8. The van der Waals surface area contributed by atoms with E-state index >= 15 is 4.39 Å². The summed E-state index contributed by atoms with van der Waals surface area (Å²) in [5.74, 6) is 1.45. The van der Waals surface area contributed by atoms with E-state index in [1.165, 1.54) is 19.3 Å². The number of nitrogens with zero attached hydrogens (tertiary/aromatic N) is 5. The standard InChI is InChI=1S/C31H34FN5O3/c1-36-16-23(39-2)11-21(36)17-40-31-34-29-26(30(35-31)37-14-18-7-8-19(9-18)15-37)13-33-28(27(29)32)25-12-22(38)10-20-5-3-4-6-24(20)25/h3-6,10,12-13,18-19,21,23,38H,7-9,11,14-17H2,1-2H3/t18?,19?,21-,23+/m0/s1. The number of aromatic hydroxyl groups is 1. The zero-order valence-electron chi connectivity index (χ0n) is 22.9. The second-order valence-corrected chi connectivity index (χ2v) is 11.7. The Hall–Kier alpha value is -3.56. The maximum atomic E-state index is 16.5. The molecule has 2 aromatic heterocycles. The number of aromatic nitrogens is 3. The minimum Gasteiger partial charge on any atom is -0.508 e. The lowest BCUT2D eigenvalue weighted by Gasteiger charge is -2.33. The highest BCUT2D eigenvalue weighted by molar-refractivity contribution is 5.99. The second-order valence-electron chi connectivity index (χ2n) is 11.7. The average Bonchev–Trinajstić information content (AvgIpc) is 3.50. The van der Waals surface area contributed by atoms with E-state index in [2.05, 4.69) is 26.8 Å². The van der Waals surface area contributed by atoms with Crippen molar-refractivity contribution in [2.45, 2.75) is 37.8 Å². The van der Waals surface area contributed by atoms with Crippen molar-refractivity contribution in [3.8, 4) is 23.0 Å². The number of rotatable bonds is 6. The Kier molecular flexibility index (Phi) is 6.43. The quantitative estimate of drug-likeness (QED) is 0.363. The third-order valence-corrected chi connectivity index (χ3v) is 9.04. The van der Waals surface area contributed by atoms with E-state index in [0.29, 0.717) is 35.2 Å². The third kappa shape index (κ3) is 4.51. The zero-order chi connectivity index (χ0) is 27.4. The van der Waals surface area contributed by atoms with E-state index in [-0.39, 0.29) is 35.1 Å². The zero-order valence-corrected chi connectivity index (χ0v) is 22.9. The van der Waals surface area contributed by atoms with Crippen molar-refractivity contribution in [3.63, 3.8) is 0 Å². The highest BCUT2D eigenvalue weighted by Crippen LogP contribution is 2.41. The minimum atomic E-state index is -0.542. The van der Waals surface area contributed by atoms with Gasteiger partial charge < -0.3 is 19.5 Å². The fraction of sp³-hybridized carbons (Fsp3) is 0.452. The second kappa shape index (κ2) is 10.1. The highest BCUT2D eigenvalue weighted by Gasteiger charge is 2.35. The number of benzene rings is 2. The molecule has 1 N–H and O–H groups in total. The molecule has 8 nitrogen and oxygen atoms in total. The predicted molar refractivity (Wildman–Crippen MR) is 152 cm³/mol. The van der Waals surface area contributed by atoms with Gasteiger partial charge in [0.2, 0.25) is 0 Å². The Morgan fingerprint density at radius 1 is 1.02 bits per heavy atom. The van der Waals surface area contributed by atoms with E-state index in [4.69, 9.17) is 14.5 Å². The maximum absolute atomic E-state index is 16.5. The SMILES string of the molecule is CO[C@@H]1C[C@@H](COc2nc(N3CC4CCC(C4)C3)c3cnc(-c4cc(O)cc5ccccc45)c(F)c3n2)N(C)C1. The largest absolute Gasteiger partial charge is 0.508 e. The van der Waals surface area contributed by atoms with Crippen LogP contribution in [0.1, 0.15) is 25.7 Å². The molecule has 0 amide bonds. The number of pyridine rings is 1. The van der Waals surface area contributed by atoms with Crippen LogP contribution in [0.4, 0.5) is 10.2 Å². The molecular formula is C31H34FN5O3. The fourth-order valence-electron chi connectivity index (χ4n) is 6.95. The smallest absolute Gasteiger partial charge is 0.319 e. The van der Waals surface area contributed by atoms with Crippen molar-refractivity contribution in [2.24, 2.45) is 11.8 Å². The first-order valence-electron chi connectivity index (χ1n) is 14.2. The number of likely N-dealkylation sites (N-methyl/N-ethyl adjacent to an activating group) is 1. The van der Waals surface area contributed by atoms with Gasteiger partial charge in [-0.15, -0.1) is 0 Å². The molecule has 2 bridgehead atoms. The highest BCUT2D eigenvalue weighted by atomic mass is 19.1. The number of anilines is 1. The van der Waals surface area contributed by atoms with Crippen LogP contribution in [0.25, 0.3) is 32.9 Å². The van der Waals surface area contributed by atoms with Crippen molar-refractivity contribution < 1.29 is 19.0 Å². The number of piperidine rings is 1. The van der Waals surface area contributed by atoms with Crippen LogP contribution in [-0.4, -0.2) is 77.5 Å². The molecule has 2 aromatic carbocycles. The number of ether oxygens (including phenoxy) is 2. The number of hydrogen-bond donors (Lipinski definition) is 1. The molecule has 7 rings (SSSR count). The summed E-state index contributed by atoms with van der Waals surface area (Å²) in [7, 11) is 3.79.